The van der Waals surface area contributed by atoms with Gasteiger partial charge in [0.2, 0.25) is 5.52 Å². The molecule has 0 amide bonds. The highest BCUT2D eigenvalue weighted by Gasteiger charge is 2.18. The van der Waals surface area contributed by atoms with Crippen LogP contribution >= 0.6 is 34.9 Å². The minimum absolute atomic E-state index is 0. The zero-order valence-corrected chi connectivity index (χ0v) is 26.5. The largest absolute Gasteiger partial charge is 1.00 e. The number of para-hydroxylation sites is 1. The first-order valence-corrected chi connectivity index (χ1v) is 16.3. The van der Waals surface area contributed by atoms with Crippen molar-refractivity contribution in [1.29, 1.82) is 0 Å². The highest BCUT2D eigenvalue weighted by Crippen LogP contribution is 2.30. The Bertz CT molecular complexity index is 1220. The van der Waals surface area contributed by atoms with Gasteiger partial charge in [-0.25, -0.2) is 0 Å². The maximum Gasteiger partial charge on any atom is 0.303 e. The Balaban J connectivity index is 0.00000441. The number of thiazole rings is 1. The number of rotatable bonds is 6. The molecule has 0 aliphatic carbocycles. The van der Waals surface area contributed by atoms with Crippen LogP contribution in [0.4, 0.5) is 0 Å². The van der Waals surface area contributed by atoms with Gasteiger partial charge in [0.25, 0.3) is 5.01 Å². The van der Waals surface area contributed by atoms with Gasteiger partial charge in [0.15, 0.2) is 18.0 Å². The van der Waals surface area contributed by atoms with Crippen LogP contribution in [0.15, 0.2) is 42.5 Å². The second kappa shape index (κ2) is 18.6. The molecule has 0 spiro atoms. The number of benzene rings is 2. The van der Waals surface area contributed by atoms with Crippen molar-refractivity contribution >= 4 is 63.2 Å². The van der Waals surface area contributed by atoms with Crippen LogP contribution in [0.1, 0.15) is 23.4 Å². The van der Waals surface area contributed by atoms with E-state index in [0.717, 1.165) is 57.2 Å². The summed E-state index contributed by atoms with van der Waals surface area (Å²) in [7, 11) is 0. The van der Waals surface area contributed by atoms with Gasteiger partial charge < -0.3 is 41.0 Å². The number of ether oxygens (including phenoxy) is 4. The van der Waals surface area contributed by atoms with Crippen LogP contribution in [0.25, 0.3) is 22.4 Å². The summed E-state index contributed by atoms with van der Waals surface area (Å²) >= 11 is 5.32. The number of carbonyl (C=O) groups is 1. The van der Waals surface area contributed by atoms with Crippen molar-refractivity contribution in [1.82, 2.24) is 0 Å². The number of nitrogens with zero attached hydrogens (tertiary/aromatic N) is 1. The van der Waals surface area contributed by atoms with Crippen LogP contribution < -0.4 is 31.0 Å². The summed E-state index contributed by atoms with van der Waals surface area (Å²) in [4.78, 5) is 11.1. The second-order valence-electron chi connectivity index (χ2n) is 8.74. The lowest BCUT2D eigenvalue weighted by molar-refractivity contribution is -0.669. The van der Waals surface area contributed by atoms with E-state index in [1.807, 2.05) is 53.9 Å². The summed E-state index contributed by atoms with van der Waals surface area (Å²) in [6, 6.07) is 14.3. The monoisotopic (exact) mass is 669 g/mol. The fourth-order valence-corrected chi connectivity index (χ4v) is 6.38. The van der Waals surface area contributed by atoms with Crippen molar-refractivity contribution in [2.75, 3.05) is 62.7 Å². The quantitative estimate of drug-likeness (QED) is 0.402. The molecule has 0 radical (unpaired) electrons. The first kappa shape index (κ1) is 32.8. The van der Waals surface area contributed by atoms with Crippen LogP contribution in [0, 0.1) is 0 Å². The van der Waals surface area contributed by atoms with Crippen LogP contribution in [-0.4, -0.2) is 73.7 Å². The Hall–Kier alpha value is -1.76. The molecule has 0 saturated carbocycles. The lowest BCUT2D eigenvalue weighted by Gasteiger charge is -2.14. The predicted molar refractivity (Wildman–Crippen MR) is 162 cm³/mol. The number of aliphatic carboxylic acids is 1. The molecule has 40 heavy (non-hydrogen) atoms. The Morgan fingerprint density at radius 1 is 0.850 bits per heavy atom. The highest BCUT2D eigenvalue weighted by molar-refractivity contribution is 7.99. The van der Waals surface area contributed by atoms with E-state index in [2.05, 4.69) is 28.9 Å². The Morgan fingerprint density at radius 3 is 2.25 bits per heavy atom. The molecule has 0 fully saturated rings. The molecule has 7 nitrogen and oxygen atoms in total. The van der Waals surface area contributed by atoms with Gasteiger partial charge in [0.1, 0.15) is 4.70 Å². The zero-order chi connectivity index (χ0) is 27.1. The predicted octanol–water partition coefficient (Wildman–Crippen LogP) is 2.50. The van der Waals surface area contributed by atoms with E-state index in [1.54, 1.807) is 11.3 Å². The van der Waals surface area contributed by atoms with Gasteiger partial charge >= 0.3 is 5.97 Å². The van der Waals surface area contributed by atoms with Crippen molar-refractivity contribution in [3.8, 4) is 11.5 Å². The number of aryl methyl sites for hydroxylation is 1. The first-order chi connectivity index (χ1) is 19.2. The molecule has 0 atom stereocenters. The average molecular weight is 671 g/mol. The molecule has 2 heterocycles. The second-order valence-corrected chi connectivity index (χ2v) is 12.3. The molecule has 1 aliphatic heterocycles. The summed E-state index contributed by atoms with van der Waals surface area (Å²) in [6.45, 7) is 4.56. The Morgan fingerprint density at radius 2 is 1.52 bits per heavy atom. The molecule has 0 unspecified atom stereocenters. The molecule has 2 aromatic carbocycles. The number of thioether (sulfide) groups is 2. The van der Waals surface area contributed by atoms with Gasteiger partial charge in [-0.05, 0) is 29.8 Å². The van der Waals surface area contributed by atoms with E-state index in [-0.39, 0.29) is 23.4 Å². The number of halogens is 1. The highest BCUT2D eigenvalue weighted by atomic mass is 79.9. The minimum Gasteiger partial charge on any atom is -1.00 e. The molecular weight excluding hydrogens is 634 g/mol. The minimum atomic E-state index is -0.768. The summed E-state index contributed by atoms with van der Waals surface area (Å²) in [5.41, 5.74) is 2.14. The summed E-state index contributed by atoms with van der Waals surface area (Å²) in [6.07, 6.45) is 4.92. The number of aromatic nitrogens is 1. The van der Waals surface area contributed by atoms with Gasteiger partial charge in [-0.3, -0.25) is 4.79 Å². The topological polar surface area (TPSA) is 78.1 Å². The van der Waals surface area contributed by atoms with E-state index in [9.17, 15) is 4.79 Å². The summed E-state index contributed by atoms with van der Waals surface area (Å²) in [5.74, 6) is 4.33. The van der Waals surface area contributed by atoms with Crippen LogP contribution in [0.5, 0.6) is 11.5 Å². The number of fused-ring (bicyclic) bond motifs is 2. The van der Waals surface area contributed by atoms with Crippen molar-refractivity contribution in [3.63, 3.8) is 0 Å². The SMILES string of the molecule is O=C(O)CCC[n+]1c(/C=C/c2ccc3c(c2)OCCSCCOCCOCCSCCO3)sc2ccccc21.[Br-]. The lowest BCUT2D eigenvalue weighted by atomic mass is 10.2. The third kappa shape index (κ3) is 10.9. The molecule has 4 rings (SSSR count). The molecule has 3 aromatic rings. The smallest absolute Gasteiger partial charge is 0.303 e. The zero-order valence-electron chi connectivity index (χ0n) is 22.4. The molecule has 218 valence electrons. The van der Waals surface area contributed by atoms with Crippen LogP contribution in [0.2, 0.25) is 0 Å². The molecule has 0 bridgehead atoms. The van der Waals surface area contributed by atoms with Gasteiger partial charge in [-0.2, -0.15) is 28.1 Å². The first-order valence-electron chi connectivity index (χ1n) is 13.2. The molecule has 1 aliphatic rings. The molecule has 11 heteroatoms. The number of carboxylic acids is 1. The van der Waals surface area contributed by atoms with E-state index >= 15 is 0 Å². The fraction of sp³-hybridized carbons (Fsp3) is 0.448. The molecule has 0 saturated heterocycles. The molecule has 1 aromatic heterocycles. The van der Waals surface area contributed by atoms with Gasteiger partial charge in [-0.1, -0.05) is 29.5 Å². The normalized spacial score (nSPS) is 16.2. The van der Waals surface area contributed by atoms with Crippen molar-refractivity contribution in [2.45, 2.75) is 19.4 Å². The summed E-state index contributed by atoms with van der Waals surface area (Å²) < 4.78 is 26.9. The maximum absolute atomic E-state index is 11.1. The van der Waals surface area contributed by atoms with Gasteiger partial charge in [-0.15, -0.1) is 0 Å². The number of hydrogen-bond acceptors (Lipinski definition) is 8. The van der Waals surface area contributed by atoms with E-state index in [1.165, 1.54) is 4.70 Å². The van der Waals surface area contributed by atoms with Crippen LogP contribution in [0.3, 0.4) is 0 Å². The third-order valence-electron chi connectivity index (χ3n) is 5.88. The van der Waals surface area contributed by atoms with Crippen molar-refractivity contribution in [2.24, 2.45) is 0 Å². The molecule has 1 N–H and O–H groups in total. The van der Waals surface area contributed by atoms with E-state index in [4.69, 9.17) is 24.1 Å². The van der Waals surface area contributed by atoms with Gasteiger partial charge in [0, 0.05) is 41.6 Å². The molecular formula is C29H36BrNO6S3. The fourth-order valence-electron chi connectivity index (χ4n) is 4.01. The van der Waals surface area contributed by atoms with Crippen molar-refractivity contribution in [3.05, 3.63) is 53.0 Å². The average Bonchev–Trinajstić information content (AvgIpc) is 3.29. The van der Waals surface area contributed by atoms with Crippen molar-refractivity contribution < 1.29 is 50.4 Å². The van der Waals surface area contributed by atoms with Gasteiger partial charge in [0.05, 0.1) is 46.1 Å². The van der Waals surface area contributed by atoms with E-state index < -0.39 is 5.97 Å². The number of carboxylic acid groups (broad SMARTS) is 1. The summed E-state index contributed by atoms with van der Waals surface area (Å²) in [5, 5.41) is 10.2. The number of hydrogen-bond donors (Lipinski definition) is 1. The third-order valence-corrected chi connectivity index (χ3v) is 8.83. The standard InChI is InChI=1S/C29H35NO6S3.BrH/c31-29(32)6-3-11-30-24-4-1-2-5-27(24)39-28(30)10-8-23-7-9-25-26(22-23)36-17-21-38-19-15-34-13-12-33-14-18-37-20-16-35-25;/h1-2,4-5,7-10,22H,3,6,11-21H2;1H/b10-8+;. The Kier molecular flexibility index (Phi) is 15.3. The van der Waals surface area contributed by atoms with Crippen LogP contribution in [-0.2, 0) is 20.8 Å². The maximum atomic E-state index is 11.1. The Labute approximate surface area is 259 Å². The lowest BCUT2D eigenvalue weighted by Crippen LogP contribution is -3.00. The van der Waals surface area contributed by atoms with E-state index in [0.29, 0.717) is 46.0 Å².